The molecule has 0 bridgehead atoms. The Hall–Kier alpha value is -1.96. The number of ether oxygens (including phenoxy) is 1. The van der Waals surface area contributed by atoms with Crippen LogP contribution in [0.5, 0.6) is 0 Å². The lowest BCUT2D eigenvalue weighted by molar-refractivity contribution is 0.212. The molecule has 0 aromatic heterocycles. The first-order valence-electron chi connectivity index (χ1n) is 10.7. The number of unbranched alkanes of at least 4 members (excludes halogenated alkanes) is 4. The Kier molecular flexibility index (Phi) is 8.41. The molecule has 2 rings (SSSR count). The summed E-state index contributed by atoms with van der Waals surface area (Å²) in [5.41, 5.74) is 2.59. The molecule has 2 fully saturated rings. The monoisotopic (exact) mass is 382 g/mol. The summed E-state index contributed by atoms with van der Waals surface area (Å²) in [5, 5.41) is 9.18. The van der Waals surface area contributed by atoms with Crippen LogP contribution in [-0.2, 0) is 4.74 Å². The summed E-state index contributed by atoms with van der Waals surface area (Å²) in [7, 11) is 0. The molecule has 0 radical (unpaired) electrons. The standard InChI is InChI=1S/C26H38O2/c1-7-23(25-16-18(2)15-19(25)3)24(26-17-21(5)28-22(26)6)14-12-10-8-9-11-13-20(4)27/h7,23-27H,1-6,8-17H2. The molecule has 2 heteroatoms. The minimum atomic E-state index is 0.298. The maximum absolute atomic E-state index is 9.18. The normalized spacial score (nSPS) is 24.3. The lowest BCUT2D eigenvalue weighted by Gasteiger charge is -2.34. The maximum atomic E-state index is 9.18. The van der Waals surface area contributed by atoms with Gasteiger partial charge in [0.2, 0.25) is 0 Å². The molecule has 0 aromatic carbocycles. The second-order valence-corrected chi connectivity index (χ2v) is 8.66. The first-order valence-corrected chi connectivity index (χ1v) is 10.7. The van der Waals surface area contributed by atoms with Crippen molar-refractivity contribution in [3.05, 3.63) is 74.0 Å². The zero-order chi connectivity index (χ0) is 20.7. The van der Waals surface area contributed by atoms with E-state index in [1.54, 1.807) is 0 Å². The summed E-state index contributed by atoms with van der Waals surface area (Å²) in [6.07, 6.45) is 12.6. The molecule has 1 saturated heterocycles. The molecular weight excluding hydrogens is 344 g/mol. The minimum Gasteiger partial charge on any atom is -0.513 e. The third kappa shape index (κ3) is 6.02. The van der Waals surface area contributed by atoms with Crippen LogP contribution in [0.1, 0.15) is 64.2 Å². The predicted molar refractivity (Wildman–Crippen MR) is 120 cm³/mol. The van der Waals surface area contributed by atoms with Gasteiger partial charge in [0.1, 0.15) is 5.76 Å². The molecule has 1 heterocycles. The fourth-order valence-electron chi connectivity index (χ4n) is 4.98. The topological polar surface area (TPSA) is 29.5 Å². The highest BCUT2D eigenvalue weighted by Gasteiger charge is 2.40. The fourth-order valence-corrected chi connectivity index (χ4v) is 4.98. The molecule has 0 amide bonds. The molecule has 1 saturated carbocycles. The minimum absolute atomic E-state index is 0.298. The Morgan fingerprint density at radius 3 is 2.25 bits per heavy atom. The smallest absolute Gasteiger partial charge is 0.100 e. The van der Waals surface area contributed by atoms with E-state index in [2.05, 4.69) is 45.5 Å². The van der Waals surface area contributed by atoms with Gasteiger partial charge in [-0.1, -0.05) is 75.8 Å². The zero-order valence-electron chi connectivity index (χ0n) is 17.6. The molecule has 28 heavy (non-hydrogen) atoms. The van der Waals surface area contributed by atoms with E-state index in [-0.39, 0.29) is 0 Å². The van der Waals surface area contributed by atoms with E-state index in [1.807, 2.05) is 0 Å². The van der Waals surface area contributed by atoms with Crippen molar-refractivity contribution in [3.8, 4) is 0 Å². The summed E-state index contributed by atoms with van der Waals surface area (Å²) < 4.78 is 5.75. The predicted octanol–water partition coefficient (Wildman–Crippen LogP) is 7.79. The van der Waals surface area contributed by atoms with Crippen LogP contribution in [0, 0.1) is 23.7 Å². The summed E-state index contributed by atoms with van der Waals surface area (Å²) >= 11 is 0. The lowest BCUT2D eigenvalue weighted by Crippen LogP contribution is -2.27. The molecule has 1 aliphatic heterocycles. The highest BCUT2D eigenvalue weighted by molar-refractivity contribution is 5.25. The maximum Gasteiger partial charge on any atom is 0.100 e. The lowest BCUT2D eigenvalue weighted by atomic mass is 9.70. The van der Waals surface area contributed by atoms with Crippen LogP contribution in [-0.4, -0.2) is 5.11 Å². The van der Waals surface area contributed by atoms with Crippen molar-refractivity contribution in [3.63, 3.8) is 0 Å². The third-order valence-electron chi connectivity index (χ3n) is 6.40. The van der Waals surface area contributed by atoms with Crippen molar-refractivity contribution in [1.29, 1.82) is 0 Å². The Morgan fingerprint density at radius 1 is 1.04 bits per heavy atom. The summed E-state index contributed by atoms with van der Waals surface area (Å²) in [6, 6.07) is 0. The van der Waals surface area contributed by atoms with Crippen molar-refractivity contribution in [2.45, 2.75) is 64.2 Å². The second-order valence-electron chi connectivity index (χ2n) is 8.66. The van der Waals surface area contributed by atoms with E-state index in [9.17, 15) is 5.11 Å². The van der Waals surface area contributed by atoms with E-state index in [0.717, 1.165) is 56.5 Å². The number of aliphatic hydroxyl groups is 1. The van der Waals surface area contributed by atoms with Crippen molar-refractivity contribution in [1.82, 2.24) is 0 Å². The SMILES string of the molecule is C=CC(C1CC(=C)CC1=C)C(CCCCCCCC(=C)O)C1CC(=C)OC1=C. The first-order chi connectivity index (χ1) is 13.3. The highest BCUT2D eigenvalue weighted by Crippen LogP contribution is 2.48. The Morgan fingerprint density at radius 2 is 1.71 bits per heavy atom. The third-order valence-corrected chi connectivity index (χ3v) is 6.40. The highest BCUT2D eigenvalue weighted by atomic mass is 16.5. The average Bonchev–Trinajstić information content (AvgIpc) is 3.13. The molecule has 154 valence electrons. The Balaban J connectivity index is 1.99. The summed E-state index contributed by atoms with van der Waals surface area (Å²) in [5.74, 6) is 3.58. The van der Waals surface area contributed by atoms with Crippen LogP contribution in [0.15, 0.2) is 74.0 Å². The Labute approximate surface area is 172 Å². The number of rotatable bonds is 12. The van der Waals surface area contributed by atoms with Gasteiger partial charge < -0.3 is 9.84 Å². The van der Waals surface area contributed by atoms with Gasteiger partial charge in [0.15, 0.2) is 0 Å². The van der Waals surface area contributed by atoms with Crippen LogP contribution < -0.4 is 0 Å². The molecule has 1 N–H and O–H groups in total. The van der Waals surface area contributed by atoms with E-state index in [0.29, 0.717) is 29.4 Å². The molecule has 0 spiro atoms. The Bertz CT molecular complexity index is 639. The van der Waals surface area contributed by atoms with Gasteiger partial charge in [-0.15, -0.1) is 6.58 Å². The molecule has 2 nitrogen and oxygen atoms in total. The van der Waals surface area contributed by atoms with Gasteiger partial charge in [-0.3, -0.25) is 0 Å². The van der Waals surface area contributed by atoms with Gasteiger partial charge in [0.25, 0.3) is 0 Å². The first kappa shape index (κ1) is 22.3. The second kappa shape index (κ2) is 10.5. The van der Waals surface area contributed by atoms with Gasteiger partial charge in [0.05, 0.1) is 11.5 Å². The quantitative estimate of drug-likeness (QED) is 0.212. The summed E-state index contributed by atoms with van der Waals surface area (Å²) in [4.78, 5) is 0. The van der Waals surface area contributed by atoms with Gasteiger partial charge in [-0.05, 0) is 43.4 Å². The van der Waals surface area contributed by atoms with Gasteiger partial charge >= 0.3 is 0 Å². The summed E-state index contributed by atoms with van der Waals surface area (Å²) in [6.45, 7) is 24.5. The van der Waals surface area contributed by atoms with E-state index >= 15 is 0 Å². The molecule has 0 aromatic rings. The van der Waals surface area contributed by atoms with Crippen LogP contribution >= 0.6 is 0 Å². The average molecular weight is 383 g/mol. The van der Waals surface area contributed by atoms with Crippen LogP contribution in [0.3, 0.4) is 0 Å². The van der Waals surface area contributed by atoms with Crippen molar-refractivity contribution < 1.29 is 9.84 Å². The molecule has 4 atom stereocenters. The van der Waals surface area contributed by atoms with Crippen molar-refractivity contribution >= 4 is 0 Å². The molecule has 4 unspecified atom stereocenters. The van der Waals surface area contributed by atoms with Crippen molar-refractivity contribution in [2.75, 3.05) is 0 Å². The van der Waals surface area contributed by atoms with Crippen molar-refractivity contribution in [2.24, 2.45) is 23.7 Å². The fraction of sp³-hybridized carbons (Fsp3) is 0.538. The zero-order valence-corrected chi connectivity index (χ0v) is 17.6. The van der Waals surface area contributed by atoms with Gasteiger partial charge in [-0.2, -0.15) is 0 Å². The van der Waals surface area contributed by atoms with Gasteiger partial charge in [-0.25, -0.2) is 0 Å². The molecule has 2 aliphatic rings. The largest absolute Gasteiger partial charge is 0.513 e. The number of aliphatic hydroxyl groups excluding tert-OH is 1. The van der Waals surface area contributed by atoms with E-state index in [4.69, 9.17) is 4.74 Å². The van der Waals surface area contributed by atoms with E-state index < -0.39 is 0 Å². The number of hydrogen-bond acceptors (Lipinski definition) is 2. The molecule has 1 aliphatic carbocycles. The van der Waals surface area contributed by atoms with Crippen LogP contribution in [0.2, 0.25) is 0 Å². The molecular formula is C26H38O2. The van der Waals surface area contributed by atoms with Crippen LogP contribution in [0.4, 0.5) is 0 Å². The van der Waals surface area contributed by atoms with Gasteiger partial charge in [0, 0.05) is 18.8 Å². The van der Waals surface area contributed by atoms with E-state index in [1.165, 1.54) is 30.4 Å². The number of hydrogen-bond donors (Lipinski definition) is 1. The van der Waals surface area contributed by atoms with Crippen LogP contribution in [0.25, 0.3) is 0 Å². The number of allylic oxidation sites excluding steroid dienone is 6.